The van der Waals surface area contributed by atoms with E-state index in [0.29, 0.717) is 24.2 Å². The first-order valence-electron chi connectivity index (χ1n) is 8.94. The molecule has 0 aromatic heterocycles. The molecule has 2 heteroatoms. The van der Waals surface area contributed by atoms with Crippen LogP contribution in [0.25, 0.3) is 0 Å². The maximum absolute atomic E-state index is 3.92. The second-order valence-corrected chi connectivity index (χ2v) is 7.03. The molecule has 4 unspecified atom stereocenters. The van der Waals surface area contributed by atoms with Crippen LogP contribution in [0.4, 0.5) is 0 Å². The van der Waals surface area contributed by atoms with Crippen LogP contribution in [0.3, 0.4) is 0 Å². The third-order valence-corrected chi connectivity index (χ3v) is 5.61. The molecule has 0 spiro atoms. The molecule has 2 aromatic carbocycles. The fourth-order valence-corrected chi connectivity index (χ4v) is 4.41. The summed E-state index contributed by atoms with van der Waals surface area (Å²) in [7, 11) is 0. The van der Waals surface area contributed by atoms with Crippen molar-refractivity contribution in [2.45, 2.75) is 57.3 Å². The molecule has 0 aliphatic carbocycles. The Labute approximate surface area is 139 Å². The molecule has 120 valence electrons. The fraction of sp³-hybridized carbons (Fsp3) is 0.429. The minimum Gasteiger partial charge on any atom is -0.306 e. The Hall–Kier alpha value is -1.64. The SMILES string of the molecule is CCC1NC(C2Cc3ccccc3C(C)N2)Cc2ccccc21. The summed E-state index contributed by atoms with van der Waals surface area (Å²) in [5.41, 5.74) is 6.00. The molecule has 4 rings (SSSR count). The zero-order chi connectivity index (χ0) is 15.8. The maximum atomic E-state index is 3.92. The summed E-state index contributed by atoms with van der Waals surface area (Å²) in [6.45, 7) is 4.57. The van der Waals surface area contributed by atoms with E-state index in [2.05, 4.69) is 73.0 Å². The van der Waals surface area contributed by atoms with E-state index < -0.39 is 0 Å². The number of nitrogens with one attached hydrogen (secondary N) is 2. The van der Waals surface area contributed by atoms with Crippen LogP contribution >= 0.6 is 0 Å². The average Bonchev–Trinajstić information content (AvgIpc) is 2.60. The average molecular weight is 306 g/mol. The van der Waals surface area contributed by atoms with Gasteiger partial charge >= 0.3 is 0 Å². The summed E-state index contributed by atoms with van der Waals surface area (Å²) in [5, 5.41) is 7.77. The zero-order valence-electron chi connectivity index (χ0n) is 14.0. The third-order valence-electron chi connectivity index (χ3n) is 5.61. The van der Waals surface area contributed by atoms with Gasteiger partial charge in [-0.2, -0.15) is 0 Å². The molecule has 2 nitrogen and oxygen atoms in total. The molecule has 2 aromatic rings. The van der Waals surface area contributed by atoms with Crippen molar-refractivity contribution < 1.29 is 0 Å². The summed E-state index contributed by atoms with van der Waals surface area (Å²) < 4.78 is 0. The first-order chi connectivity index (χ1) is 11.3. The lowest BCUT2D eigenvalue weighted by Gasteiger charge is -2.41. The van der Waals surface area contributed by atoms with Crippen molar-refractivity contribution >= 4 is 0 Å². The van der Waals surface area contributed by atoms with Gasteiger partial charge in [-0.25, -0.2) is 0 Å². The molecule has 2 aliphatic heterocycles. The van der Waals surface area contributed by atoms with E-state index in [9.17, 15) is 0 Å². The van der Waals surface area contributed by atoms with E-state index in [1.807, 2.05) is 0 Å². The summed E-state index contributed by atoms with van der Waals surface area (Å²) in [5.74, 6) is 0. The summed E-state index contributed by atoms with van der Waals surface area (Å²) >= 11 is 0. The highest BCUT2D eigenvalue weighted by Gasteiger charge is 2.33. The number of hydrogen-bond donors (Lipinski definition) is 2. The smallest absolute Gasteiger partial charge is 0.0323 e. The number of rotatable bonds is 2. The Morgan fingerprint density at radius 2 is 1.39 bits per heavy atom. The summed E-state index contributed by atoms with van der Waals surface area (Å²) in [6, 6.07) is 19.8. The van der Waals surface area contributed by atoms with Gasteiger partial charge in [0.25, 0.3) is 0 Å². The zero-order valence-corrected chi connectivity index (χ0v) is 14.0. The predicted molar refractivity (Wildman–Crippen MR) is 95.6 cm³/mol. The molecule has 0 amide bonds. The van der Waals surface area contributed by atoms with Crippen LogP contribution in [0.5, 0.6) is 0 Å². The monoisotopic (exact) mass is 306 g/mol. The fourth-order valence-electron chi connectivity index (χ4n) is 4.41. The second-order valence-electron chi connectivity index (χ2n) is 7.03. The number of fused-ring (bicyclic) bond motifs is 2. The van der Waals surface area contributed by atoms with Crippen molar-refractivity contribution in [2.24, 2.45) is 0 Å². The molecule has 0 saturated heterocycles. The lowest BCUT2D eigenvalue weighted by atomic mass is 9.81. The van der Waals surface area contributed by atoms with Gasteiger partial charge in [-0.15, -0.1) is 0 Å². The largest absolute Gasteiger partial charge is 0.306 e. The number of hydrogen-bond acceptors (Lipinski definition) is 2. The molecule has 4 atom stereocenters. The minimum atomic E-state index is 0.434. The van der Waals surface area contributed by atoms with Crippen molar-refractivity contribution in [1.82, 2.24) is 10.6 Å². The van der Waals surface area contributed by atoms with Crippen molar-refractivity contribution in [3.63, 3.8) is 0 Å². The van der Waals surface area contributed by atoms with Crippen LogP contribution in [0.1, 0.15) is 54.6 Å². The first kappa shape index (κ1) is 14.9. The van der Waals surface area contributed by atoms with Crippen LogP contribution in [-0.2, 0) is 12.8 Å². The highest BCUT2D eigenvalue weighted by Crippen LogP contribution is 2.32. The molecule has 0 saturated carbocycles. The van der Waals surface area contributed by atoms with E-state index in [1.165, 1.54) is 22.3 Å². The quantitative estimate of drug-likeness (QED) is 0.878. The van der Waals surface area contributed by atoms with Gasteiger partial charge in [-0.1, -0.05) is 55.5 Å². The molecular formula is C21H26N2. The van der Waals surface area contributed by atoms with Gasteiger partial charge < -0.3 is 10.6 Å². The summed E-state index contributed by atoms with van der Waals surface area (Å²) in [6.07, 6.45) is 3.39. The molecule has 2 heterocycles. The van der Waals surface area contributed by atoms with Crippen LogP contribution in [0.15, 0.2) is 48.5 Å². The Morgan fingerprint density at radius 1 is 0.826 bits per heavy atom. The molecule has 0 fully saturated rings. The highest BCUT2D eigenvalue weighted by molar-refractivity contribution is 5.36. The van der Waals surface area contributed by atoms with E-state index >= 15 is 0 Å². The number of benzene rings is 2. The minimum absolute atomic E-state index is 0.434. The molecule has 0 bridgehead atoms. The predicted octanol–water partition coefficient (Wildman–Crippen LogP) is 3.93. The molecule has 2 aliphatic rings. The summed E-state index contributed by atoms with van der Waals surface area (Å²) in [4.78, 5) is 0. The Bertz CT molecular complexity index is 694. The van der Waals surface area contributed by atoms with Gasteiger partial charge in [0.15, 0.2) is 0 Å². The van der Waals surface area contributed by atoms with Crippen LogP contribution in [0.2, 0.25) is 0 Å². The highest BCUT2D eigenvalue weighted by atomic mass is 15.1. The van der Waals surface area contributed by atoms with Crippen molar-refractivity contribution in [3.8, 4) is 0 Å². The molecule has 23 heavy (non-hydrogen) atoms. The van der Waals surface area contributed by atoms with Gasteiger partial charge in [-0.3, -0.25) is 0 Å². The topological polar surface area (TPSA) is 24.1 Å². The van der Waals surface area contributed by atoms with Gasteiger partial charge in [0.1, 0.15) is 0 Å². The Morgan fingerprint density at radius 3 is 2.09 bits per heavy atom. The van der Waals surface area contributed by atoms with Gasteiger partial charge in [0.2, 0.25) is 0 Å². The second kappa shape index (κ2) is 6.10. The Kier molecular flexibility index (Phi) is 3.96. The van der Waals surface area contributed by atoms with Crippen molar-refractivity contribution in [3.05, 3.63) is 70.8 Å². The van der Waals surface area contributed by atoms with E-state index in [1.54, 1.807) is 0 Å². The lowest BCUT2D eigenvalue weighted by molar-refractivity contribution is 0.282. The lowest BCUT2D eigenvalue weighted by Crippen LogP contribution is -2.55. The normalized spacial score (nSPS) is 29.7. The van der Waals surface area contributed by atoms with Crippen molar-refractivity contribution in [2.75, 3.05) is 0 Å². The van der Waals surface area contributed by atoms with Crippen LogP contribution in [0, 0.1) is 0 Å². The van der Waals surface area contributed by atoms with Crippen LogP contribution < -0.4 is 10.6 Å². The van der Waals surface area contributed by atoms with Gasteiger partial charge in [-0.05, 0) is 48.4 Å². The first-order valence-corrected chi connectivity index (χ1v) is 8.94. The van der Waals surface area contributed by atoms with Crippen molar-refractivity contribution in [1.29, 1.82) is 0 Å². The standard InChI is InChI=1S/C21H26N2/c1-3-19-18-11-7-5-9-16(18)13-21(23-19)20-12-15-8-4-6-10-17(15)14(2)22-20/h4-11,14,19-23H,3,12-13H2,1-2H3. The van der Waals surface area contributed by atoms with Crippen LogP contribution in [-0.4, -0.2) is 12.1 Å². The van der Waals surface area contributed by atoms with E-state index in [4.69, 9.17) is 0 Å². The van der Waals surface area contributed by atoms with E-state index in [-0.39, 0.29) is 0 Å². The van der Waals surface area contributed by atoms with E-state index in [0.717, 1.165) is 19.3 Å². The Balaban J connectivity index is 1.60. The maximum Gasteiger partial charge on any atom is 0.0323 e. The van der Waals surface area contributed by atoms with Gasteiger partial charge in [0, 0.05) is 24.2 Å². The molecule has 2 N–H and O–H groups in total. The molecule has 0 radical (unpaired) electrons. The third kappa shape index (κ3) is 2.71. The van der Waals surface area contributed by atoms with Gasteiger partial charge in [0.05, 0.1) is 0 Å². The molecular weight excluding hydrogens is 280 g/mol.